The van der Waals surface area contributed by atoms with E-state index in [-0.39, 0.29) is 24.4 Å². The second-order valence-electron chi connectivity index (χ2n) is 5.19. The van der Waals surface area contributed by atoms with E-state index >= 15 is 0 Å². The molecule has 0 aromatic heterocycles. The molecule has 2 rings (SSSR count). The summed E-state index contributed by atoms with van der Waals surface area (Å²) in [4.78, 5) is 14.3. The van der Waals surface area contributed by atoms with Crippen LogP contribution in [0.2, 0.25) is 5.02 Å². The Kier molecular flexibility index (Phi) is 7.88. The van der Waals surface area contributed by atoms with Crippen molar-refractivity contribution < 1.29 is 4.79 Å². The second kappa shape index (κ2) is 8.89. The molecule has 1 aliphatic heterocycles. The highest BCUT2D eigenvalue weighted by Gasteiger charge is 2.27. The minimum absolute atomic E-state index is 0. The Morgan fingerprint density at radius 3 is 2.71 bits per heavy atom. The molecule has 0 radical (unpaired) electrons. The van der Waals surface area contributed by atoms with Crippen LogP contribution in [0.15, 0.2) is 24.3 Å². The minimum Gasteiger partial charge on any atom is -0.336 e. The lowest BCUT2D eigenvalue weighted by Crippen LogP contribution is -2.57. The Labute approximate surface area is 142 Å². The lowest BCUT2D eigenvalue weighted by Gasteiger charge is -2.38. The van der Waals surface area contributed by atoms with E-state index in [0.717, 1.165) is 23.9 Å². The van der Waals surface area contributed by atoms with Gasteiger partial charge in [0.25, 0.3) is 0 Å². The summed E-state index contributed by atoms with van der Waals surface area (Å²) in [5.41, 5.74) is 1.20. The third-order valence-corrected chi connectivity index (χ3v) is 5.00. The van der Waals surface area contributed by atoms with Crippen molar-refractivity contribution in [3.63, 3.8) is 0 Å². The predicted octanol–water partition coefficient (Wildman–Crippen LogP) is 3.20. The molecule has 0 spiro atoms. The van der Waals surface area contributed by atoms with Gasteiger partial charge in [-0.1, -0.05) is 23.7 Å². The summed E-state index contributed by atoms with van der Waals surface area (Å²) in [6.45, 7) is 5.94. The summed E-state index contributed by atoms with van der Waals surface area (Å²) >= 11 is 7.52. The maximum absolute atomic E-state index is 12.3. The van der Waals surface area contributed by atoms with Crippen LogP contribution in [0.3, 0.4) is 0 Å². The van der Waals surface area contributed by atoms with Crippen LogP contribution in [0, 0.1) is 0 Å². The van der Waals surface area contributed by atoms with Crippen molar-refractivity contribution in [2.24, 2.45) is 0 Å². The highest BCUT2D eigenvalue weighted by molar-refractivity contribution is 7.99. The first-order valence-corrected chi connectivity index (χ1v) is 8.46. The standard InChI is InChI=1S/C15H21ClN2OS.ClH/c1-11-12(2)18(8-7-17-11)15(19)10-20-9-13-3-5-14(16)6-4-13;/h3-6,11-12,17H,7-10H2,1-2H3;1H. The SMILES string of the molecule is CC1NCCN(C(=O)CSCc2ccc(Cl)cc2)C1C.Cl. The van der Waals surface area contributed by atoms with Gasteiger partial charge in [0.05, 0.1) is 5.75 Å². The Bertz CT molecular complexity index is 455. The van der Waals surface area contributed by atoms with E-state index in [1.54, 1.807) is 11.8 Å². The van der Waals surface area contributed by atoms with E-state index < -0.39 is 0 Å². The van der Waals surface area contributed by atoms with Gasteiger partial charge < -0.3 is 10.2 Å². The average molecular weight is 349 g/mol. The predicted molar refractivity (Wildman–Crippen MR) is 93.5 cm³/mol. The van der Waals surface area contributed by atoms with Crippen LogP contribution in [0.4, 0.5) is 0 Å². The Morgan fingerprint density at radius 2 is 2.05 bits per heavy atom. The molecule has 118 valence electrons. The van der Waals surface area contributed by atoms with Crippen molar-refractivity contribution in [3.8, 4) is 0 Å². The zero-order valence-electron chi connectivity index (χ0n) is 12.3. The molecule has 3 nitrogen and oxygen atoms in total. The lowest BCUT2D eigenvalue weighted by molar-refractivity contribution is -0.131. The smallest absolute Gasteiger partial charge is 0.232 e. The number of nitrogens with one attached hydrogen (secondary N) is 1. The highest BCUT2D eigenvalue weighted by Crippen LogP contribution is 2.17. The number of hydrogen-bond donors (Lipinski definition) is 1. The molecular formula is C15H22Cl2N2OS. The fraction of sp³-hybridized carbons (Fsp3) is 0.533. The van der Waals surface area contributed by atoms with Gasteiger partial charge in [0, 0.05) is 35.9 Å². The van der Waals surface area contributed by atoms with E-state index in [1.165, 1.54) is 5.56 Å². The summed E-state index contributed by atoms with van der Waals surface area (Å²) in [5, 5.41) is 4.14. The van der Waals surface area contributed by atoms with Gasteiger partial charge in [0.2, 0.25) is 5.91 Å². The maximum atomic E-state index is 12.3. The van der Waals surface area contributed by atoms with Gasteiger partial charge in [-0.25, -0.2) is 0 Å². The molecule has 1 saturated heterocycles. The highest BCUT2D eigenvalue weighted by atomic mass is 35.5. The van der Waals surface area contributed by atoms with Crippen molar-refractivity contribution in [1.82, 2.24) is 10.2 Å². The summed E-state index contributed by atoms with van der Waals surface area (Å²) in [6.07, 6.45) is 0. The third kappa shape index (κ3) is 5.37. The first kappa shape index (κ1) is 18.6. The molecule has 0 bridgehead atoms. The number of rotatable bonds is 4. The molecule has 0 aliphatic carbocycles. The molecule has 1 amide bonds. The first-order valence-electron chi connectivity index (χ1n) is 6.93. The molecule has 1 aliphatic rings. The Morgan fingerprint density at radius 1 is 1.38 bits per heavy atom. The van der Waals surface area contributed by atoms with Crippen molar-refractivity contribution in [3.05, 3.63) is 34.9 Å². The van der Waals surface area contributed by atoms with Crippen LogP contribution in [-0.2, 0) is 10.5 Å². The number of amides is 1. The van der Waals surface area contributed by atoms with Gasteiger partial charge in [-0.2, -0.15) is 0 Å². The van der Waals surface area contributed by atoms with E-state index in [2.05, 4.69) is 19.2 Å². The van der Waals surface area contributed by atoms with Gasteiger partial charge in [0.1, 0.15) is 0 Å². The van der Waals surface area contributed by atoms with E-state index in [1.807, 2.05) is 29.2 Å². The Balaban J connectivity index is 0.00000220. The van der Waals surface area contributed by atoms with Crippen LogP contribution in [0.25, 0.3) is 0 Å². The fourth-order valence-corrected chi connectivity index (χ4v) is 3.32. The number of hydrogen-bond acceptors (Lipinski definition) is 3. The third-order valence-electron chi connectivity index (χ3n) is 3.76. The number of carbonyl (C=O) groups is 1. The van der Waals surface area contributed by atoms with Crippen molar-refractivity contribution >= 4 is 41.7 Å². The van der Waals surface area contributed by atoms with Crippen LogP contribution in [0.5, 0.6) is 0 Å². The number of piperazine rings is 1. The minimum atomic E-state index is 0. The Hall–Kier alpha value is -0.420. The average Bonchev–Trinajstić information content (AvgIpc) is 2.44. The van der Waals surface area contributed by atoms with Crippen LogP contribution < -0.4 is 5.32 Å². The molecule has 21 heavy (non-hydrogen) atoms. The molecule has 1 aromatic carbocycles. The number of carbonyl (C=O) groups excluding carboxylic acids is 1. The largest absolute Gasteiger partial charge is 0.336 e. The molecule has 0 saturated carbocycles. The number of benzene rings is 1. The normalized spacial score (nSPS) is 21.8. The number of thioether (sulfide) groups is 1. The molecule has 1 fully saturated rings. The molecule has 1 N–H and O–H groups in total. The molecule has 6 heteroatoms. The first-order chi connectivity index (χ1) is 9.58. The van der Waals surface area contributed by atoms with E-state index in [9.17, 15) is 4.79 Å². The summed E-state index contributed by atoms with van der Waals surface area (Å²) in [5.74, 6) is 1.63. The van der Waals surface area contributed by atoms with Gasteiger partial charge in [-0.3, -0.25) is 4.79 Å². The molecular weight excluding hydrogens is 327 g/mol. The van der Waals surface area contributed by atoms with E-state index in [4.69, 9.17) is 11.6 Å². The number of halogens is 2. The quantitative estimate of drug-likeness (QED) is 0.906. The molecule has 2 atom stereocenters. The summed E-state index contributed by atoms with van der Waals surface area (Å²) in [6, 6.07) is 8.44. The second-order valence-corrected chi connectivity index (χ2v) is 6.61. The van der Waals surface area contributed by atoms with Crippen LogP contribution >= 0.6 is 35.8 Å². The lowest BCUT2D eigenvalue weighted by atomic mass is 10.1. The van der Waals surface area contributed by atoms with Crippen molar-refractivity contribution in [2.75, 3.05) is 18.8 Å². The molecule has 1 heterocycles. The van der Waals surface area contributed by atoms with Crippen LogP contribution in [0.1, 0.15) is 19.4 Å². The summed E-state index contributed by atoms with van der Waals surface area (Å²) < 4.78 is 0. The topological polar surface area (TPSA) is 32.3 Å². The zero-order valence-corrected chi connectivity index (χ0v) is 14.7. The van der Waals surface area contributed by atoms with Gasteiger partial charge in [0.15, 0.2) is 0 Å². The summed E-state index contributed by atoms with van der Waals surface area (Å²) in [7, 11) is 0. The number of nitrogens with zero attached hydrogens (tertiary/aromatic N) is 1. The van der Waals surface area contributed by atoms with Crippen molar-refractivity contribution in [1.29, 1.82) is 0 Å². The van der Waals surface area contributed by atoms with Crippen molar-refractivity contribution in [2.45, 2.75) is 31.7 Å². The molecule has 2 unspecified atom stereocenters. The monoisotopic (exact) mass is 348 g/mol. The van der Waals surface area contributed by atoms with Gasteiger partial charge in [-0.15, -0.1) is 24.2 Å². The molecule has 1 aromatic rings. The van der Waals surface area contributed by atoms with Gasteiger partial charge in [-0.05, 0) is 31.5 Å². The zero-order chi connectivity index (χ0) is 14.5. The van der Waals surface area contributed by atoms with Crippen LogP contribution in [-0.4, -0.2) is 41.7 Å². The fourth-order valence-electron chi connectivity index (χ4n) is 2.33. The van der Waals surface area contributed by atoms with E-state index in [0.29, 0.717) is 11.8 Å². The van der Waals surface area contributed by atoms with Gasteiger partial charge >= 0.3 is 0 Å². The maximum Gasteiger partial charge on any atom is 0.232 e.